The van der Waals surface area contributed by atoms with E-state index in [1.165, 1.54) is 12.8 Å². The highest BCUT2D eigenvalue weighted by Gasteiger charge is 2.21. The van der Waals surface area contributed by atoms with Crippen molar-refractivity contribution in [3.8, 4) is 0 Å². The van der Waals surface area contributed by atoms with Crippen molar-refractivity contribution >= 4 is 5.69 Å². The van der Waals surface area contributed by atoms with E-state index < -0.39 is 0 Å². The van der Waals surface area contributed by atoms with Gasteiger partial charge in [-0.1, -0.05) is 0 Å². The van der Waals surface area contributed by atoms with E-state index in [4.69, 9.17) is 4.74 Å². The first-order valence-electron chi connectivity index (χ1n) is 6.14. The Labute approximate surface area is 102 Å². The molecule has 0 aromatic carbocycles. The molecule has 1 saturated carbocycles. The molecule has 0 aliphatic heterocycles. The number of nitrogens with zero attached hydrogens (tertiary/aromatic N) is 2. The molecule has 94 valence electrons. The lowest BCUT2D eigenvalue weighted by Gasteiger charge is -2.21. The molecule has 4 nitrogen and oxygen atoms in total. The number of hydrogen-bond acceptors (Lipinski definition) is 4. The molecule has 2 rings (SSSR count). The topological polar surface area (TPSA) is 45.6 Å². The molecular weight excluding hydrogens is 216 g/mol. The smallest absolute Gasteiger partial charge is 0.0703 e. The number of rotatable bonds is 7. The first-order chi connectivity index (χ1) is 8.31. The van der Waals surface area contributed by atoms with Crippen LogP contribution in [0, 0.1) is 5.92 Å². The number of aliphatic hydroxyl groups is 1. The van der Waals surface area contributed by atoms with Gasteiger partial charge in [-0.25, -0.2) is 0 Å². The van der Waals surface area contributed by atoms with E-state index in [1.807, 2.05) is 13.1 Å². The van der Waals surface area contributed by atoms with Gasteiger partial charge in [0, 0.05) is 32.0 Å². The SMILES string of the molecule is CN(CCOCC1CC1)c1cnccc1CO. The van der Waals surface area contributed by atoms with E-state index in [1.54, 1.807) is 12.4 Å². The summed E-state index contributed by atoms with van der Waals surface area (Å²) in [4.78, 5) is 6.16. The van der Waals surface area contributed by atoms with Crippen molar-refractivity contribution in [3.63, 3.8) is 0 Å². The maximum atomic E-state index is 9.23. The minimum absolute atomic E-state index is 0.0468. The minimum Gasteiger partial charge on any atom is -0.392 e. The maximum Gasteiger partial charge on any atom is 0.0703 e. The summed E-state index contributed by atoms with van der Waals surface area (Å²) in [6.45, 7) is 2.50. The van der Waals surface area contributed by atoms with Crippen LogP contribution in [0.25, 0.3) is 0 Å². The number of ether oxygens (including phenoxy) is 1. The van der Waals surface area contributed by atoms with Gasteiger partial charge in [0.2, 0.25) is 0 Å². The first kappa shape index (κ1) is 12.3. The summed E-state index contributed by atoms with van der Waals surface area (Å²) < 4.78 is 5.60. The molecule has 0 amide bonds. The zero-order valence-electron chi connectivity index (χ0n) is 10.3. The standard InChI is InChI=1S/C13H20N2O2/c1-15(6-7-17-10-11-2-3-11)13-8-14-5-4-12(13)9-16/h4-5,8,11,16H,2-3,6-7,9-10H2,1H3. The largest absolute Gasteiger partial charge is 0.392 e. The summed E-state index contributed by atoms with van der Waals surface area (Å²) in [5, 5.41) is 9.23. The van der Waals surface area contributed by atoms with Crippen molar-refractivity contribution in [2.75, 3.05) is 31.7 Å². The van der Waals surface area contributed by atoms with Crippen molar-refractivity contribution in [1.82, 2.24) is 4.98 Å². The van der Waals surface area contributed by atoms with Gasteiger partial charge in [0.15, 0.2) is 0 Å². The fourth-order valence-corrected chi connectivity index (χ4v) is 1.75. The average Bonchev–Trinajstić information content (AvgIpc) is 3.18. The van der Waals surface area contributed by atoms with Gasteiger partial charge in [0.25, 0.3) is 0 Å². The Morgan fingerprint density at radius 3 is 3.06 bits per heavy atom. The molecular formula is C13H20N2O2. The predicted molar refractivity (Wildman–Crippen MR) is 67.0 cm³/mol. The predicted octanol–water partition coefficient (Wildman–Crippen LogP) is 1.44. The van der Waals surface area contributed by atoms with Gasteiger partial charge < -0.3 is 14.7 Å². The zero-order valence-corrected chi connectivity index (χ0v) is 10.3. The van der Waals surface area contributed by atoms with E-state index in [-0.39, 0.29) is 6.61 Å². The van der Waals surface area contributed by atoms with Crippen LogP contribution in [0.5, 0.6) is 0 Å². The molecule has 0 radical (unpaired) electrons. The van der Waals surface area contributed by atoms with Crippen molar-refractivity contribution < 1.29 is 9.84 Å². The Bertz CT molecular complexity index is 353. The summed E-state index contributed by atoms with van der Waals surface area (Å²) in [5.74, 6) is 0.812. The molecule has 1 aromatic heterocycles. The minimum atomic E-state index is 0.0468. The summed E-state index contributed by atoms with van der Waals surface area (Å²) in [6.07, 6.45) is 6.14. The van der Waals surface area contributed by atoms with Crippen LogP contribution < -0.4 is 4.90 Å². The third-order valence-electron chi connectivity index (χ3n) is 3.09. The number of likely N-dealkylation sites (N-methyl/N-ethyl adjacent to an activating group) is 1. The molecule has 1 aliphatic rings. The number of aliphatic hydroxyl groups excluding tert-OH is 1. The Balaban J connectivity index is 1.78. The number of hydrogen-bond donors (Lipinski definition) is 1. The van der Waals surface area contributed by atoms with E-state index in [2.05, 4.69) is 9.88 Å². The number of aromatic nitrogens is 1. The molecule has 0 unspecified atom stereocenters. The van der Waals surface area contributed by atoms with Crippen LogP contribution in [0.3, 0.4) is 0 Å². The third-order valence-corrected chi connectivity index (χ3v) is 3.09. The van der Waals surface area contributed by atoms with Crippen LogP contribution >= 0.6 is 0 Å². The molecule has 1 fully saturated rings. The highest BCUT2D eigenvalue weighted by molar-refractivity contribution is 5.50. The molecule has 1 aromatic rings. The molecule has 4 heteroatoms. The molecule has 0 saturated heterocycles. The monoisotopic (exact) mass is 236 g/mol. The zero-order chi connectivity index (χ0) is 12.1. The van der Waals surface area contributed by atoms with Crippen molar-refractivity contribution in [2.24, 2.45) is 5.92 Å². The van der Waals surface area contributed by atoms with Gasteiger partial charge >= 0.3 is 0 Å². The van der Waals surface area contributed by atoms with Crippen LogP contribution in [0.15, 0.2) is 18.5 Å². The van der Waals surface area contributed by atoms with Gasteiger partial charge in [0.1, 0.15) is 0 Å². The van der Waals surface area contributed by atoms with Crippen molar-refractivity contribution in [3.05, 3.63) is 24.0 Å². The van der Waals surface area contributed by atoms with Crippen LogP contribution in [0.1, 0.15) is 18.4 Å². The molecule has 0 spiro atoms. The third kappa shape index (κ3) is 3.68. The molecule has 0 bridgehead atoms. The fraction of sp³-hybridized carbons (Fsp3) is 0.615. The second-order valence-electron chi connectivity index (χ2n) is 4.60. The van der Waals surface area contributed by atoms with E-state index >= 15 is 0 Å². The van der Waals surface area contributed by atoms with Gasteiger partial charge in [-0.05, 0) is 24.8 Å². The van der Waals surface area contributed by atoms with Gasteiger partial charge in [-0.3, -0.25) is 4.98 Å². The van der Waals surface area contributed by atoms with E-state index in [0.29, 0.717) is 0 Å². The number of pyridine rings is 1. The molecule has 0 atom stereocenters. The number of anilines is 1. The van der Waals surface area contributed by atoms with Gasteiger partial charge in [-0.2, -0.15) is 0 Å². The van der Waals surface area contributed by atoms with Crippen LogP contribution in [0.4, 0.5) is 5.69 Å². The lowest BCUT2D eigenvalue weighted by atomic mass is 10.2. The Morgan fingerprint density at radius 2 is 2.35 bits per heavy atom. The van der Waals surface area contributed by atoms with Crippen molar-refractivity contribution in [1.29, 1.82) is 0 Å². The quantitative estimate of drug-likeness (QED) is 0.728. The van der Waals surface area contributed by atoms with Gasteiger partial charge in [-0.15, -0.1) is 0 Å². The summed E-state index contributed by atoms with van der Waals surface area (Å²) >= 11 is 0. The summed E-state index contributed by atoms with van der Waals surface area (Å²) in [5.41, 5.74) is 1.88. The maximum absolute atomic E-state index is 9.23. The van der Waals surface area contributed by atoms with Gasteiger partial charge in [0.05, 0.1) is 25.1 Å². The second kappa shape index (κ2) is 5.98. The fourth-order valence-electron chi connectivity index (χ4n) is 1.75. The van der Waals surface area contributed by atoms with Crippen LogP contribution in [-0.4, -0.2) is 36.9 Å². The first-order valence-corrected chi connectivity index (χ1v) is 6.14. The van der Waals surface area contributed by atoms with E-state index in [0.717, 1.165) is 36.9 Å². The Hall–Kier alpha value is -1.13. The Morgan fingerprint density at radius 1 is 1.53 bits per heavy atom. The highest BCUT2D eigenvalue weighted by Crippen LogP contribution is 2.28. The Kier molecular flexibility index (Phi) is 4.34. The molecule has 1 N–H and O–H groups in total. The normalized spacial score (nSPS) is 14.9. The lowest BCUT2D eigenvalue weighted by molar-refractivity contribution is 0.131. The summed E-state index contributed by atoms with van der Waals surface area (Å²) in [6, 6.07) is 1.84. The molecule has 1 heterocycles. The summed E-state index contributed by atoms with van der Waals surface area (Å²) in [7, 11) is 2.00. The molecule has 17 heavy (non-hydrogen) atoms. The average molecular weight is 236 g/mol. The lowest BCUT2D eigenvalue weighted by Crippen LogP contribution is -2.24. The van der Waals surface area contributed by atoms with E-state index in [9.17, 15) is 5.11 Å². The molecule has 1 aliphatic carbocycles. The second-order valence-corrected chi connectivity index (χ2v) is 4.60. The van der Waals surface area contributed by atoms with Crippen molar-refractivity contribution in [2.45, 2.75) is 19.4 Å². The van der Waals surface area contributed by atoms with Crippen LogP contribution in [-0.2, 0) is 11.3 Å². The van der Waals surface area contributed by atoms with Crippen LogP contribution in [0.2, 0.25) is 0 Å². The highest BCUT2D eigenvalue weighted by atomic mass is 16.5.